The van der Waals surface area contributed by atoms with Crippen LogP contribution in [0.25, 0.3) is 23.8 Å². The van der Waals surface area contributed by atoms with Gasteiger partial charge in [-0.2, -0.15) is 0 Å². The van der Waals surface area contributed by atoms with Crippen molar-refractivity contribution < 1.29 is 35.1 Å². The van der Waals surface area contributed by atoms with Gasteiger partial charge >= 0.3 is 6.97 Å². The molecule has 0 unspecified atom stereocenters. The quantitative estimate of drug-likeness (QED) is 0.0818. The first-order valence-corrected chi connectivity index (χ1v) is 15.3. The summed E-state index contributed by atoms with van der Waals surface area (Å²) in [5.41, 5.74) is 0.680. The average Bonchev–Trinajstić information content (AvgIpc) is 3.53. The summed E-state index contributed by atoms with van der Waals surface area (Å²) in [4.78, 5) is 0. The average molecular weight is 646 g/mol. The molecule has 0 bridgehead atoms. The topological polar surface area (TPSA) is 7.94 Å². The lowest BCUT2D eigenvalue weighted by Crippen LogP contribution is -2.52. The van der Waals surface area contributed by atoms with Gasteiger partial charge in [0.05, 0.1) is 11.1 Å². The highest BCUT2D eigenvalue weighted by molar-refractivity contribution is 6.59. The molecule has 10 heteroatoms. The summed E-state index contributed by atoms with van der Waals surface area (Å²) in [5, 5.41) is 0. The third-order valence-corrected chi connectivity index (χ3v) is 8.96. The Kier molecular flexibility index (Phi) is 8.24. The highest BCUT2D eigenvalue weighted by Crippen LogP contribution is 2.49. The number of hydrogen-bond acceptors (Lipinski definition) is 0. The second-order valence-corrected chi connectivity index (χ2v) is 11.5. The third-order valence-electron chi connectivity index (χ3n) is 8.96. The van der Waals surface area contributed by atoms with Crippen LogP contribution in [0.1, 0.15) is 66.4 Å². The normalized spacial score (nSPS) is 15.9. The van der Waals surface area contributed by atoms with Crippen molar-refractivity contribution in [3.05, 3.63) is 152 Å². The molecule has 0 atom stereocenters. The molecule has 2 nitrogen and oxygen atoms in total. The first kappa shape index (κ1) is 32.1. The highest BCUT2D eigenvalue weighted by Gasteiger charge is 2.58. The smallest absolute Gasteiger partial charge is 0.389 e. The molecular weight excluding hydrogens is 616 g/mol. The van der Waals surface area contributed by atoms with Crippen molar-refractivity contribution in [3.8, 4) is 0 Å². The van der Waals surface area contributed by atoms with Crippen molar-refractivity contribution in [1.82, 2.24) is 4.48 Å². The van der Waals surface area contributed by atoms with E-state index in [-0.39, 0.29) is 46.8 Å². The summed E-state index contributed by atoms with van der Waals surface area (Å²) in [6.07, 6.45) is 6.83. The maximum Gasteiger partial charge on any atom is 0.737 e. The summed E-state index contributed by atoms with van der Waals surface area (Å²) in [6, 6.07) is 17.9. The lowest BCUT2D eigenvalue weighted by molar-refractivity contribution is -0.362. The van der Waals surface area contributed by atoms with Gasteiger partial charge in [0, 0.05) is 28.6 Å². The molecule has 4 aromatic rings. The second kappa shape index (κ2) is 12.1. The van der Waals surface area contributed by atoms with E-state index >= 15 is 17.4 Å². The Bertz CT molecular complexity index is 2060. The van der Waals surface area contributed by atoms with Crippen LogP contribution in [0.5, 0.6) is 0 Å². The summed E-state index contributed by atoms with van der Waals surface area (Å²) < 4.78 is 112. The number of rotatable bonds is 7. The Morgan fingerprint density at radius 2 is 1.19 bits per heavy atom. The van der Waals surface area contributed by atoms with Crippen molar-refractivity contribution >= 4 is 36.5 Å². The van der Waals surface area contributed by atoms with Crippen molar-refractivity contribution in [1.29, 1.82) is 0 Å². The number of fused-ring (bicyclic) bond motifs is 2. The highest BCUT2D eigenvalue weighted by atomic mass is 19.2. The zero-order chi connectivity index (χ0) is 33.8. The predicted molar refractivity (Wildman–Crippen MR) is 173 cm³/mol. The van der Waals surface area contributed by atoms with E-state index < -0.39 is 47.2 Å². The van der Waals surface area contributed by atoms with Crippen LogP contribution in [-0.2, 0) is 6.42 Å². The zero-order valence-electron chi connectivity index (χ0n) is 26.1. The number of benzene rings is 3. The molecular formula is C37H30BF7N2. The molecule has 0 saturated heterocycles. The fraction of sp³-hybridized carbons (Fsp3) is 0.162. The van der Waals surface area contributed by atoms with Gasteiger partial charge in [0.1, 0.15) is 0 Å². The molecule has 47 heavy (non-hydrogen) atoms. The van der Waals surface area contributed by atoms with E-state index in [1.54, 1.807) is 74.5 Å². The molecule has 0 amide bonds. The van der Waals surface area contributed by atoms with Crippen LogP contribution in [0.2, 0.25) is 0 Å². The molecule has 2 aliphatic heterocycles. The van der Waals surface area contributed by atoms with E-state index in [9.17, 15) is 13.2 Å². The van der Waals surface area contributed by atoms with Gasteiger partial charge in [-0.15, -0.1) is 0 Å². The number of aromatic nitrogens is 1. The fourth-order valence-electron chi connectivity index (χ4n) is 6.85. The van der Waals surface area contributed by atoms with Crippen LogP contribution in [0.15, 0.2) is 83.6 Å². The number of hydrogen-bond donors (Lipinski definition) is 0. The summed E-state index contributed by atoms with van der Waals surface area (Å²) in [7, 11) is 0. The maximum atomic E-state index is 17.4. The molecule has 2 aliphatic rings. The molecule has 0 fully saturated rings. The zero-order valence-corrected chi connectivity index (χ0v) is 26.1. The Balaban J connectivity index is 1.79. The van der Waals surface area contributed by atoms with Gasteiger partial charge < -0.3 is 17.6 Å². The molecule has 3 aromatic carbocycles. The Morgan fingerprint density at radius 3 is 1.70 bits per heavy atom. The molecule has 6 rings (SSSR count). The third kappa shape index (κ3) is 4.92. The minimum atomic E-state index is -4.78. The SMILES string of the molecule is CCC1=C(C)C2=C(c3c(F)c(F)c(F)c(F)c3F)c3c(C)c(CC)c(/C=C/c4ccccc4)n3[B-](F)(F)[N+]2=C1/C=C/c1ccccc1. The van der Waals surface area contributed by atoms with Crippen molar-refractivity contribution in [2.75, 3.05) is 0 Å². The van der Waals surface area contributed by atoms with Crippen LogP contribution in [-0.4, -0.2) is 21.6 Å². The van der Waals surface area contributed by atoms with E-state index in [0.717, 1.165) is 20.1 Å². The fourth-order valence-corrected chi connectivity index (χ4v) is 6.85. The molecule has 240 valence electrons. The molecule has 0 aliphatic carbocycles. The van der Waals surface area contributed by atoms with Gasteiger partial charge in [-0.1, -0.05) is 80.6 Å². The maximum absolute atomic E-state index is 17.4. The number of nitrogens with zero attached hydrogens (tertiary/aromatic N) is 2. The number of halogens is 7. The van der Waals surface area contributed by atoms with Crippen LogP contribution in [0.4, 0.5) is 30.6 Å². The molecule has 0 N–H and O–H groups in total. The molecule has 0 spiro atoms. The largest absolute Gasteiger partial charge is 0.737 e. The second-order valence-electron chi connectivity index (χ2n) is 11.5. The van der Waals surface area contributed by atoms with Gasteiger partial charge in [0.25, 0.3) is 0 Å². The Hall–Kier alpha value is -4.86. The van der Waals surface area contributed by atoms with Gasteiger partial charge in [-0.05, 0) is 61.1 Å². The van der Waals surface area contributed by atoms with Crippen LogP contribution in [0, 0.1) is 36.0 Å². The Labute approximate surface area is 268 Å². The van der Waals surface area contributed by atoms with E-state index in [4.69, 9.17) is 0 Å². The van der Waals surface area contributed by atoms with Gasteiger partial charge in [0.15, 0.2) is 34.7 Å². The van der Waals surface area contributed by atoms with Gasteiger partial charge in [-0.3, -0.25) is 0 Å². The van der Waals surface area contributed by atoms with Gasteiger partial charge in [-0.25, -0.2) is 22.0 Å². The first-order valence-electron chi connectivity index (χ1n) is 15.3. The first-order chi connectivity index (χ1) is 22.4. The van der Waals surface area contributed by atoms with Crippen molar-refractivity contribution in [2.45, 2.75) is 40.5 Å². The predicted octanol–water partition coefficient (Wildman–Crippen LogP) is 10.1. The lowest BCUT2D eigenvalue weighted by Gasteiger charge is -2.34. The standard InChI is InChI=1S/C37H30BF7N2/c1-5-25-21(3)36-30(29-31(39)33(41)35(43)34(42)32(29)40)37-22(4)26(6-2)28(20-18-24-15-11-8-12-16-24)47(37)38(44,45)46(36)27(25)19-17-23-13-9-7-10-14-23/h7-20H,5-6H2,1-4H3/b19-17+,20-18+. The Morgan fingerprint density at radius 1 is 0.681 bits per heavy atom. The lowest BCUT2D eigenvalue weighted by atomic mass is 9.83. The summed E-state index contributed by atoms with van der Waals surface area (Å²) >= 11 is 0. The molecule has 1 aromatic heterocycles. The van der Waals surface area contributed by atoms with Crippen molar-refractivity contribution in [3.63, 3.8) is 0 Å². The number of allylic oxidation sites excluding steroid dienone is 3. The minimum Gasteiger partial charge on any atom is -0.389 e. The minimum absolute atomic E-state index is 0.0725. The summed E-state index contributed by atoms with van der Waals surface area (Å²) in [6.45, 7) is 1.80. The van der Waals surface area contributed by atoms with Crippen LogP contribution < -0.4 is 0 Å². The van der Waals surface area contributed by atoms with Crippen LogP contribution in [0.3, 0.4) is 0 Å². The van der Waals surface area contributed by atoms with Crippen LogP contribution >= 0.6 is 0 Å². The molecule has 0 saturated carbocycles. The van der Waals surface area contributed by atoms with E-state index in [1.807, 2.05) is 12.1 Å². The summed E-state index contributed by atoms with van der Waals surface area (Å²) in [5.74, 6) is -10.8. The monoisotopic (exact) mass is 646 g/mol. The van der Waals surface area contributed by atoms with Crippen molar-refractivity contribution in [2.24, 2.45) is 0 Å². The van der Waals surface area contributed by atoms with E-state index in [0.29, 0.717) is 11.1 Å². The van der Waals surface area contributed by atoms with E-state index in [2.05, 4.69) is 0 Å². The van der Waals surface area contributed by atoms with Gasteiger partial charge in [0.2, 0.25) is 5.82 Å². The molecule has 3 heterocycles. The molecule has 0 radical (unpaired) electrons. The van der Waals surface area contributed by atoms with E-state index in [1.165, 1.54) is 26.0 Å².